The number of hydrogen-bond donors (Lipinski definition) is 1. The summed E-state index contributed by atoms with van der Waals surface area (Å²) in [6.07, 6.45) is 5.93. The Morgan fingerprint density at radius 2 is 2.10 bits per heavy atom. The first-order chi connectivity index (χ1) is 9.70. The Bertz CT molecular complexity index is 351. The maximum Gasteiger partial charge on any atom is 0.255 e. The fourth-order valence-corrected chi connectivity index (χ4v) is 1.85. The van der Waals surface area contributed by atoms with Crippen molar-refractivity contribution in [2.24, 2.45) is 0 Å². The molecule has 1 heterocycles. The van der Waals surface area contributed by atoms with Gasteiger partial charge in [-0.15, -0.1) is 0 Å². The molecule has 0 saturated carbocycles. The molecule has 0 bridgehead atoms. The maximum absolute atomic E-state index is 12.4. The number of nitrogens with zero attached hydrogens (tertiary/aromatic N) is 1. The summed E-state index contributed by atoms with van der Waals surface area (Å²) in [5, 5.41) is 2.82. The average Bonchev–Trinajstić information content (AvgIpc) is 2.69. The van der Waals surface area contributed by atoms with Gasteiger partial charge in [0.15, 0.2) is 0 Å². The highest BCUT2D eigenvalue weighted by molar-refractivity contribution is 5.97. The number of carbonyl (C=O) groups is 2. The first-order valence-electron chi connectivity index (χ1n) is 7.08. The third-order valence-corrected chi connectivity index (χ3v) is 2.74. The van der Waals surface area contributed by atoms with Crippen LogP contribution in [-0.2, 0) is 14.3 Å². The zero-order valence-corrected chi connectivity index (χ0v) is 12.9. The predicted octanol–water partition coefficient (Wildman–Crippen LogP) is 1.51. The third kappa shape index (κ3) is 6.02. The summed E-state index contributed by atoms with van der Waals surface area (Å²) in [5.41, 5.74) is 0.471. The molecule has 1 saturated heterocycles. The number of aldehydes is 1. The Hall–Kier alpha value is -1.62. The standard InChI is InChI=1S/C13H20N2O3.C2H6/c1-11-10-18-8-4-6-15(11)13(17)12(9-14-2)5-3-7-16;1-2/h3,5,7,9,11,14H,4,6,8,10H2,1-2H3;1-2H3/b5-3-,12-9+;. The van der Waals surface area contributed by atoms with Gasteiger partial charge in [0.05, 0.1) is 18.2 Å². The molecule has 0 aromatic rings. The van der Waals surface area contributed by atoms with Crippen LogP contribution in [0, 0.1) is 0 Å². The Kier molecular flexibility index (Phi) is 10.3. The van der Waals surface area contributed by atoms with Crippen LogP contribution in [-0.4, -0.2) is 49.9 Å². The van der Waals surface area contributed by atoms with Crippen molar-refractivity contribution in [2.45, 2.75) is 33.2 Å². The van der Waals surface area contributed by atoms with E-state index < -0.39 is 0 Å². The molecule has 1 rings (SSSR count). The van der Waals surface area contributed by atoms with E-state index in [-0.39, 0.29) is 11.9 Å². The highest BCUT2D eigenvalue weighted by atomic mass is 16.5. The van der Waals surface area contributed by atoms with Crippen molar-refractivity contribution in [1.82, 2.24) is 10.2 Å². The van der Waals surface area contributed by atoms with Crippen LogP contribution in [0.4, 0.5) is 0 Å². The lowest BCUT2D eigenvalue weighted by molar-refractivity contribution is -0.128. The molecule has 0 aliphatic carbocycles. The van der Waals surface area contributed by atoms with E-state index in [0.717, 1.165) is 6.42 Å². The van der Waals surface area contributed by atoms with Crippen molar-refractivity contribution in [3.05, 3.63) is 23.9 Å². The zero-order chi connectivity index (χ0) is 15.4. The third-order valence-electron chi connectivity index (χ3n) is 2.74. The number of rotatable bonds is 4. The van der Waals surface area contributed by atoms with E-state index >= 15 is 0 Å². The lowest BCUT2D eigenvalue weighted by Crippen LogP contribution is -2.41. The summed E-state index contributed by atoms with van der Waals surface area (Å²) in [6, 6.07) is 0.0462. The second-order valence-corrected chi connectivity index (χ2v) is 4.16. The van der Waals surface area contributed by atoms with E-state index in [1.807, 2.05) is 20.8 Å². The van der Waals surface area contributed by atoms with E-state index in [1.54, 1.807) is 18.1 Å². The average molecular weight is 282 g/mol. The zero-order valence-electron chi connectivity index (χ0n) is 12.9. The topological polar surface area (TPSA) is 58.6 Å². The van der Waals surface area contributed by atoms with E-state index in [2.05, 4.69) is 5.32 Å². The fraction of sp³-hybridized carbons (Fsp3) is 0.600. The molecule has 114 valence electrons. The van der Waals surface area contributed by atoms with E-state index in [0.29, 0.717) is 31.6 Å². The summed E-state index contributed by atoms with van der Waals surface area (Å²) in [6.45, 7) is 7.87. The largest absolute Gasteiger partial charge is 0.393 e. The van der Waals surface area contributed by atoms with Crippen molar-refractivity contribution in [1.29, 1.82) is 0 Å². The summed E-state index contributed by atoms with van der Waals surface area (Å²) >= 11 is 0. The van der Waals surface area contributed by atoms with Crippen molar-refractivity contribution >= 4 is 12.2 Å². The van der Waals surface area contributed by atoms with Gasteiger partial charge in [0.2, 0.25) is 0 Å². The number of hydrogen-bond acceptors (Lipinski definition) is 4. The minimum atomic E-state index is -0.0829. The van der Waals surface area contributed by atoms with E-state index in [1.165, 1.54) is 12.2 Å². The van der Waals surface area contributed by atoms with Gasteiger partial charge in [0.1, 0.15) is 6.29 Å². The summed E-state index contributed by atoms with van der Waals surface area (Å²) < 4.78 is 5.40. The summed E-state index contributed by atoms with van der Waals surface area (Å²) in [5.74, 6) is -0.0829. The molecule has 0 aromatic heterocycles. The number of ether oxygens (including phenoxy) is 1. The number of amides is 1. The van der Waals surface area contributed by atoms with Crippen LogP contribution < -0.4 is 5.32 Å². The van der Waals surface area contributed by atoms with Crippen LogP contribution in [0.15, 0.2) is 23.9 Å². The molecule has 1 amide bonds. The normalized spacial score (nSPS) is 19.9. The predicted molar refractivity (Wildman–Crippen MR) is 80.3 cm³/mol. The van der Waals surface area contributed by atoms with Crippen LogP contribution in [0.1, 0.15) is 27.2 Å². The SMILES string of the molecule is CC.CN/C=C(\C=C/C=O)C(=O)N1CCCOCC1C. The second-order valence-electron chi connectivity index (χ2n) is 4.16. The van der Waals surface area contributed by atoms with Crippen molar-refractivity contribution in [3.63, 3.8) is 0 Å². The van der Waals surface area contributed by atoms with Gasteiger partial charge in [-0.1, -0.05) is 13.8 Å². The number of nitrogens with one attached hydrogen (secondary N) is 1. The lowest BCUT2D eigenvalue weighted by Gasteiger charge is -2.26. The molecule has 1 aliphatic heterocycles. The highest BCUT2D eigenvalue weighted by Gasteiger charge is 2.23. The van der Waals surface area contributed by atoms with Gasteiger partial charge in [-0.3, -0.25) is 9.59 Å². The highest BCUT2D eigenvalue weighted by Crippen LogP contribution is 2.12. The molecule has 1 fully saturated rings. The molecule has 0 radical (unpaired) electrons. The van der Waals surface area contributed by atoms with Gasteiger partial charge in [-0.05, 0) is 25.5 Å². The molecule has 1 unspecified atom stereocenters. The molecular weight excluding hydrogens is 256 g/mol. The Morgan fingerprint density at radius 3 is 2.70 bits per heavy atom. The van der Waals surface area contributed by atoms with E-state index in [9.17, 15) is 9.59 Å². The molecule has 1 aliphatic rings. The molecule has 0 aromatic carbocycles. The first-order valence-corrected chi connectivity index (χ1v) is 7.08. The monoisotopic (exact) mass is 282 g/mol. The second kappa shape index (κ2) is 11.2. The number of carbonyl (C=O) groups excluding carboxylic acids is 2. The van der Waals surface area contributed by atoms with Gasteiger partial charge in [-0.2, -0.15) is 0 Å². The molecule has 5 heteroatoms. The van der Waals surface area contributed by atoms with Gasteiger partial charge in [0.25, 0.3) is 5.91 Å². The Balaban J connectivity index is 0.00000172. The van der Waals surface area contributed by atoms with Crippen molar-refractivity contribution in [2.75, 3.05) is 26.8 Å². The Morgan fingerprint density at radius 1 is 1.40 bits per heavy atom. The molecule has 1 N–H and O–H groups in total. The minimum Gasteiger partial charge on any atom is -0.393 e. The van der Waals surface area contributed by atoms with E-state index in [4.69, 9.17) is 4.74 Å². The maximum atomic E-state index is 12.4. The molecule has 20 heavy (non-hydrogen) atoms. The smallest absolute Gasteiger partial charge is 0.255 e. The Labute approximate surface area is 121 Å². The molecule has 0 spiro atoms. The molecule has 1 atom stereocenters. The molecular formula is C15H26N2O3. The first kappa shape index (κ1) is 18.4. The van der Waals surface area contributed by atoms with Gasteiger partial charge in [-0.25, -0.2) is 0 Å². The van der Waals surface area contributed by atoms with Crippen molar-refractivity contribution in [3.8, 4) is 0 Å². The number of allylic oxidation sites excluding steroid dienone is 1. The van der Waals surface area contributed by atoms with Crippen LogP contribution in [0.2, 0.25) is 0 Å². The van der Waals surface area contributed by atoms with Gasteiger partial charge in [0, 0.05) is 26.4 Å². The van der Waals surface area contributed by atoms with Crippen LogP contribution in [0.3, 0.4) is 0 Å². The van der Waals surface area contributed by atoms with Gasteiger partial charge < -0.3 is 15.0 Å². The summed E-state index contributed by atoms with van der Waals surface area (Å²) in [7, 11) is 1.72. The van der Waals surface area contributed by atoms with Crippen LogP contribution >= 0.6 is 0 Å². The quantitative estimate of drug-likeness (QED) is 0.482. The minimum absolute atomic E-state index is 0.0462. The van der Waals surface area contributed by atoms with Crippen molar-refractivity contribution < 1.29 is 14.3 Å². The molecule has 5 nitrogen and oxygen atoms in total. The lowest BCUT2D eigenvalue weighted by atomic mass is 10.2. The summed E-state index contributed by atoms with van der Waals surface area (Å²) in [4.78, 5) is 24.5. The van der Waals surface area contributed by atoms with Crippen LogP contribution in [0.5, 0.6) is 0 Å². The fourth-order valence-electron chi connectivity index (χ4n) is 1.85. The van der Waals surface area contributed by atoms with Gasteiger partial charge >= 0.3 is 0 Å². The van der Waals surface area contributed by atoms with Crippen LogP contribution in [0.25, 0.3) is 0 Å².